The zero-order chi connectivity index (χ0) is 24.6. The van der Waals surface area contributed by atoms with Gasteiger partial charge in [-0.25, -0.2) is 0 Å². The summed E-state index contributed by atoms with van der Waals surface area (Å²) in [4.78, 5) is 11.9. The first kappa shape index (κ1) is 24.3. The zero-order valence-corrected chi connectivity index (χ0v) is 21.1. The Kier molecular flexibility index (Phi) is 6.71. The van der Waals surface area contributed by atoms with Gasteiger partial charge in [0, 0.05) is 11.1 Å². The van der Waals surface area contributed by atoms with Crippen molar-refractivity contribution in [2.45, 2.75) is 58.3 Å². The van der Waals surface area contributed by atoms with E-state index in [9.17, 15) is 9.90 Å². The first-order chi connectivity index (χ1) is 16.1. The molecule has 0 aliphatic carbocycles. The van der Waals surface area contributed by atoms with Crippen molar-refractivity contribution < 1.29 is 24.1 Å². The summed E-state index contributed by atoms with van der Waals surface area (Å²) in [6, 6.07) is 7.70. The fraction of sp³-hybridized carbons (Fsp3) is 0.462. The molecule has 8 heteroatoms. The number of amidine groups is 1. The van der Waals surface area contributed by atoms with Crippen LogP contribution in [0.4, 0.5) is 0 Å². The molecule has 3 N–H and O–H groups in total. The molecule has 2 unspecified atom stereocenters. The predicted molar refractivity (Wildman–Crippen MR) is 134 cm³/mol. The Morgan fingerprint density at radius 1 is 1.18 bits per heavy atom. The lowest BCUT2D eigenvalue weighted by atomic mass is 9.91. The van der Waals surface area contributed by atoms with Crippen LogP contribution in [0.3, 0.4) is 0 Å². The van der Waals surface area contributed by atoms with Gasteiger partial charge in [-0.2, -0.15) is 0 Å². The van der Waals surface area contributed by atoms with E-state index in [1.54, 1.807) is 0 Å². The number of fused-ring (bicyclic) bond motifs is 1. The Morgan fingerprint density at radius 3 is 2.50 bits per heavy atom. The number of aromatic hydroxyl groups is 1. The van der Waals surface area contributed by atoms with Gasteiger partial charge in [0.15, 0.2) is 22.3 Å². The van der Waals surface area contributed by atoms with Gasteiger partial charge in [0.2, 0.25) is 5.91 Å². The highest BCUT2D eigenvalue weighted by atomic mass is 32.2. The molecule has 0 saturated carbocycles. The molecule has 4 rings (SSSR count). The largest absolute Gasteiger partial charge is 0.507 e. The molecule has 0 spiro atoms. The molecule has 0 radical (unpaired) electrons. The third-order valence-electron chi connectivity index (χ3n) is 6.37. The Labute approximate surface area is 204 Å². The molecule has 2 aliphatic heterocycles. The van der Waals surface area contributed by atoms with Crippen LogP contribution in [0.1, 0.15) is 42.5 Å². The van der Waals surface area contributed by atoms with Crippen LogP contribution in [0.25, 0.3) is 0 Å². The van der Waals surface area contributed by atoms with Crippen molar-refractivity contribution in [3.8, 4) is 23.0 Å². The monoisotopic (exact) mass is 484 g/mol. The second-order valence-electron chi connectivity index (χ2n) is 9.62. The maximum Gasteiger partial charge on any atom is 0.239 e. The number of ether oxygens (including phenoxy) is 3. The van der Waals surface area contributed by atoms with Gasteiger partial charge in [0.1, 0.15) is 24.7 Å². The summed E-state index contributed by atoms with van der Waals surface area (Å²) in [7, 11) is 0. The minimum absolute atomic E-state index is 0.116. The Balaban J connectivity index is 1.49. The van der Waals surface area contributed by atoms with Gasteiger partial charge in [-0.15, -0.1) is 0 Å². The van der Waals surface area contributed by atoms with Crippen LogP contribution < -0.4 is 19.5 Å². The molecule has 0 bridgehead atoms. The number of carbonyl (C=O) groups excluding carboxylic acids is 1. The molecule has 0 aromatic heterocycles. The van der Waals surface area contributed by atoms with Crippen LogP contribution in [-0.4, -0.2) is 40.2 Å². The van der Waals surface area contributed by atoms with Crippen molar-refractivity contribution in [1.82, 2.24) is 5.32 Å². The van der Waals surface area contributed by atoms with E-state index in [0.29, 0.717) is 48.4 Å². The summed E-state index contributed by atoms with van der Waals surface area (Å²) in [6.45, 7) is 10.6. The SMILES string of the molecule is Cc1c(C)c2c(c(C)c1O)OCC(COc1ccc(CC3SC(=N)NC3=O)cc1)(CC(C)C)O2. The molecule has 2 atom stereocenters. The van der Waals surface area contributed by atoms with E-state index in [4.69, 9.17) is 19.6 Å². The lowest BCUT2D eigenvalue weighted by Crippen LogP contribution is -2.51. The average molecular weight is 485 g/mol. The molecule has 1 saturated heterocycles. The van der Waals surface area contributed by atoms with E-state index in [2.05, 4.69) is 19.2 Å². The second-order valence-corrected chi connectivity index (χ2v) is 10.8. The van der Waals surface area contributed by atoms with Gasteiger partial charge >= 0.3 is 0 Å². The minimum Gasteiger partial charge on any atom is -0.507 e. The van der Waals surface area contributed by atoms with Gasteiger partial charge in [-0.05, 0) is 62.8 Å². The molecular formula is C26H32N2O5S. The molecule has 2 aromatic carbocycles. The number of amides is 1. The number of nitrogens with one attached hydrogen (secondary N) is 2. The summed E-state index contributed by atoms with van der Waals surface area (Å²) >= 11 is 1.25. The van der Waals surface area contributed by atoms with Crippen molar-refractivity contribution in [2.24, 2.45) is 5.92 Å². The molecule has 2 aromatic rings. The molecule has 1 amide bonds. The molecule has 7 nitrogen and oxygen atoms in total. The molecule has 2 aliphatic rings. The van der Waals surface area contributed by atoms with E-state index in [1.807, 2.05) is 45.0 Å². The van der Waals surface area contributed by atoms with E-state index in [1.165, 1.54) is 11.8 Å². The summed E-state index contributed by atoms with van der Waals surface area (Å²) in [6.07, 6.45) is 1.32. The highest BCUT2D eigenvalue weighted by Crippen LogP contribution is 2.47. The number of carbonyl (C=O) groups is 1. The van der Waals surface area contributed by atoms with Gasteiger partial charge in [0.05, 0.1) is 5.25 Å². The summed E-state index contributed by atoms with van der Waals surface area (Å²) in [5, 5.41) is 20.5. The zero-order valence-electron chi connectivity index (χ0n) is 20.3. The van der Waals surface area contributed by atoms with Crippen LogP contribution in [0.5, 0.6) is 23.0 Å². The van der Waals surface area contributed by atoms with Crippen molar-refractivity contribution >= 4 is 22.8 Å². The van der Waals surface area contributed by atoms with E-state index >= 15 is 0 Å². The summed E-state index contributed by atoms with van der Waals surface area (Å²) in [5.41, 5.74) is 2.72. The normalized spacial score (nSPS) is 21.6. The summed E-state index contributed by atoms with van der Waals surface area (Å²) < 4.78 is 19.0. The van der Waals surface area contributed by atoms with Crippen LogP contribution in [0, 0.1) is 32.1 Å². The second kappa shape index (κ2) is 9.41. The number of thioether (sulfide) groups is 1. The smallest absolute Gasteiger partial charge is 0.239 e. The first-order valence-corrected chi connectivity index (χ1v) is 12.4. The van der Waals surface area contributed by atoms with E-state index in [-0.39, 0.29) is 22.1 Å². The first-order valence-electron chi connectivity index (χ1n) is 11.5. The number of rotatable bonds is 7. The molecule has 2 heterocycles. The summed E-state index contributed by atoms with van der Waals surface area (Å²) in [5.74, 6) is 2.49. The van der Waals surface area contributed by atoms with Crippen LogP contribution in [-0.2, 0) is 11.2 Å². The quantitative estimate of drug-likeness (QED) is 0.528. The maximum atomic E-state index is 11.9. The minimum atomic E-state index is -0.653. The Hall–Kier alpha value is -2.87. The van der Waals surface area contributed by atoms with Crippen molar-refractivity contribution in [3.05, 3.63) is 46.5 Å². The Morgan fingerprint density at radius 2 is 1.88 bits per heavy atom. The van der Waals surface area contributed by atoms with Crippen LogP contribution >= 0.6 is 11.8 Å². The molecule has 34 heavy (non-hydrogen) atoms. The maximum absolute atomic E-state index is 11.9. The van der Waals surface area contributed by atoms with E-state index in [0.717, 1.165) is 23.1 Å². The lowest BCUT2D eigenvalue weighted by Gasteiger charge is -2.40. The van der Waals surface area contributed by atoms with Crippen LogP contribution in [0.2, 0.25) is 0 Å². The highest BCUT2D eigenvalue weighted by molar-refractivity contribution is 8.15. The fourth-order valence-corrected chi connectivity index (χ4v) is 5.39. The Bertz CT molecular complexity index is 1120. The van der Waals surface area contributed by atoms with Crippen molar-refractivity contribution in [2.75, 3.05) is 13.2 Å². The van der Waals surface area contributed by atoms with Crippen molar-refractivity contribution in [1.29, 1.82) is 5.41 Å². The number of phenolic OH excluding ortho intramolecular Hbond substituents is 1. The van der Waals surface area contributed by atoms with Crippen LogP contribution in [0.15, 0.2) is 24.3 Å². The number of hydrogen-bond acceptors (Lipinski definition) is 7. The number of phenols is 1. The number of benzene rings is 2. The lowest BCUT2D eigenvalue weighted by molar-refractivity contribution is -0.118. The topological polar surface area (TPSA) is 101 Å². The van der Waals surface area contributed by atoms with E-state index < -0.39 is 5.60 Å². The molecular weight excluding hydrogens is 452 g/mol. The standard InChI is InChI=1S/C26H32N2O5S/c1-14(2)11-26(13-32-22-17(5)21(29)15(3)16(4)23(22)33-26)12-31-19-8-6-18(7-9-19)10-20-24(30)28-25(27)34-20/h6-9,14,20,29H,10-13H2,1-5H3,(H2,27,28,30). The third kappa shape index (κ3) is 4.82. The predicted octanol–water partition coefficient (Wildman–Crippen LogP) is 4.66. The van der Waals surface area contributed by atoms with Gasteiger partial charge < -0.3 is 24.6 Å². The van der Waals surface area contributed by atoms with Gasteiger partial charge in [-0.1, -0.05) is 37.7 Å². The van der Waals surface area contributed by atoms with Gasteiger partial charge in [-0.3, -0.25) is 10.2 Å². The number of hydrogen-bond donors (Lipinski definition) is 3. The fourth-order valence-electron chi connectivity index (χ4n) is 4.50. The molecule has 1 fully saturated rings. The average Bonchev–Trinajstić information content (AvgIpc) is 3.11. The highest BCUT2D eigenvalue weighted by Gasteiger charge is 2.41. The van der Waals surface area contributed by atoms with Gasteiger partial charge in [0.25, 0.3) is 0 Å². The third-order valence-corrected chi connectivity index (χ3v) is 7.38. The van der Waals surface area contributed by atoms with Crippen molar-refractivity contribution in [3.63, 3.8) is 0 Å². The molecule has 182 valence electrons.